The van der Waals surface area contributed by atoms with Gasteiger partial charge < -0.3 is 34.2 Å². The van der Waals surface area contributed by atoms with Gasteiger partial charge in [-0.3, -0.25) is 4.90 Å². The fourth-order valence-electron chi connectivity index (χ4n) is 4.29. The SMILES string of the molecule is CCCCCCCCCCCCCCCCCCCCCCOP(=O)([O-])[O-].OCCN(CCO)CCO. The normalized spacial score (nSPS) is 11.6. The first kappa shape index (κ1) is 39.1. The summed E-state index contributed by atoms with van der Waals surface area (Å²) in [6.07, 6.45) is 26.2. The Balaban J connectivity index is 0. The van der Waals surface area contributed by atoms with E-state index < -0.39 is 7.82 Å². The van der Waals surface area contributed by atoms with Gasteiger partial charge in [-0.25, -0.2) is 0 Å². The number of nitrogens with zero attached hydrogens (tertiary/aromatic N) is 1. The Labute approximate surface area is 228 Å². The highest BCUT2D eigenvalue weighted by Crippen LogP contribution is 2.24. The van der Waals surface area contributed by atoms with Crippen LogP contribution in [-0.4, -0.2) is 66.3 Å². The molecule has 37 heavy (non-hydrogen) atoms. The number of aliphatic hydroxyl groups excluding tert-OH is 3. The fraction of sp³-hybridized carbons (Fsp3) is 1.00. The van der Waals surface area contributed by atoms with Gasteiger partial charge in [0.1, 0.15) is 0 Å². The molecule has 3 N–H and O–H groups in total. The number of phosphoric acid groups is 1. The van der Waals surface area contributed by atoms with Crippen molar-refractivity contribution in [1.82, 2.24) is 4.90 Å². The summed E-state index contributed by atoms with van der Waals surface area (Å²) in [6.45, 7) is 4.07. The summed E-state index contributed by atoms with van der Waals surface area (Å²) in [7, 11) is -4.76. The first-order valence-corrected chi connectivity index (χ1v) is 16.6. The number of unbranched alkanes of at least 4 members (excludes halogenated alkanes) is 19. The molecule has 0 fully saturated rings. The zero-order chi connectivity index (χ0) is 27.9. The van der Waals surface area contributed by atoms with E-state index >= 15 is 0 Å². The number of hydrogen-bond donors (Lipinski definition) is 3. The molecule has 0 aliphatic carbocycles. The predicted octanol–water partition coefficient (Wildman–Crippen LogP) is 4.92. The summed E-state index contributed by atoms with van der Waals surface area (Å²) in [5, 5.41) is 25.5. The number of rotatable bonds is 28. The lowest BCUT2D eigenvalue weighted by Crippen LogP contribution is -2.32. The fourth-order valence-corrected chi connectivity index (χ4v) is 4.65. The van der Waals surface area contributed by atoms with E-state index in [1.54, 1.807) is 4.90 Å². The minimum absolute atomic E-state index is 0.0449. The molecular formula is C28H60NO7P-2. The molecule has 0 heterocycles. The first-order chi connectivity index (χ1) is 17.9. The predicted molar refractivity (Wildman–Crippen MR) is 149 cm³/mol. The molecule has 0 radical (unpaired) electrons. The maximum absolute atomic E-state index is 10.3. The molecule has 0 atom stereocenters. The summed E-state index contributed by atoms with van der Waals surface area (Å²) in [6, 6.07) is 0. The van der Waals surface area contributed by atoms with E-state index in [1.807, 2.05) is 0 Å². The van der Waals surface area contributed by atoms with Crippen molar-refractivity contribution < 1.29 is 34.2 Å². The Bertz CT molecular complexity index is 452. The molecule has 9 heteroatoms. The van der Waals surface area contributed by atoms with Gasteiger partial charge in [0.05, 0.1) is 34.3 Å². The van der Waals surface area contributed by atoms with Gasteiger partial charge in [0.2, 0.25) is 0 Å². The van der Waals surface area contributed by atoms with Crippen LogP contribution in [0, 0.1) is 0 Å². The van der Waals surface area contributed by atoms with E-state index in [0.29, 0.717) is 26.1 Å². The van der Waals surface area contributed by atoms with Crippen molar-refractivity contribution in [3.05, 3.63) is 0 Å². The van der Waals surface area contributed by atoms with Gasteiger partial charge in [-0.1, -0.05) is 129 Å². The minimum Gasteiger partial charge on any atom is -0.790 e. The number of aliphatic hydroxyl groups is 3. The molecule has 0 rings (SSSR count). The molecule has 0 aromatic rings. The number of hydrogen-bond acceptors (Lipinski definition) is 8. The van der Waals surface area contributed by atoms with Gasteiger partial charge in [0.15, 0.2) is 0 Å². The Morgan fingerprint density at radius 2 is 0.811 bits per heavy atom. The third kappa shape index (κ3) is 38.2. The van der Waals surface area contributed by atoms with Crippen molar-refractivity contribution in [1.29, 1.82) is 0 Å². The van der Waals surface area contributed by atoms with Crippen LogP contribution in [0.15, 0.2) is 0 Å². The highest BCUT2D eigenvalue weighted by atomic mass is 31.2. The average molecular weight is 554 g/mol. The van der Waals surface area contributed by atoms with Gasteiger partial charge in [0, 0.05) is 19.6 Å². The van der Waals surface area contributed by atoms with Crippen LogP contribution in [0.25, 0.3) is 0 Å². The van der Waals surface area contributed by atoms with Gasteiger partial charge >= 0.3 is 0 Å². The van der Waals surface area contributed by atoms with Crippen LogP contribution in [0.4, 0.5) is 0 Å². The van der Waals surface area contributed by atoms with Crippen LogP contribution < -0.4 is 9.79 Å². The molecule has 0 saturated carbocycles. The minimum atomic E-state index is -4.76. The molecule has 0 unspecified atom stereocenters. The second-order valence-electron chi connectivity index (χ2n) is 10.0. The van der Waals surface area contributed by atoms with Crippen molar-refractivity contribution in [2.75, 3.05) is 46.1 Å². The van der Waals surface area contributed by atoms with E-state index in [4.69, 9.17) is 15.3 Å². The van der Waals surface area contributed by atoms with Crippen molar-refractivity contribution >= 4 is 7.82 Å². The summed E-state index contributed by atoms with van der Waals surface area (Å²) < 4.78 is 14.5. The molecule has 8 nitrogen and oxygen atoms in total. The average Bonchev–Trinajstić information content (AvgIpc) is 2.85. The van der Waals surface area contributed by atoms with Crippen LogP contribution in [0.1, 0.15) is 135 Å². The third-order valence-corrected chi connectivity index (χ3v) is 6.99. The van der Waals surface area contributed by atoms with Crippen LogP contribution in [-0.2, 0) is 9.09 Å². The van der Waals surface area contributed by atoms with Crippen molar-refractivity contribution in [2.24, 2.45) is 0 Å². The maximum atomic E-state index is 10.3. The van der Waals surface area contributed by atoms with E-state index in [-0.39, 0.29) is 26.4 Å². The number of phosphoric ester groups is 1. The van der Waals surface area contributed by atoms with Crippen LogP contribution in [0.2, 0.25) is 0 Å². The summed E-state index contributed by atoms with van der Waals surface area (Å²) in [5.74, 6) is 0. The largest absolute Gasteiger partial charge is 0.790 e. The van der Waals surface area contributed by atoms with Crippen molar-refractivity contribution in [3.63, 3.8) is 0 Å². The van der Waals surface area contributed by atoms with E-state index in [2.05, 4.69) is 11.4 Å². The molecule has 0 saturated heterocycles. The van der Waals surface area contributed by atoms with Gasteiger partial charge in [0.25, 0.3) is 0 Å². The Kier molecular flexibility index (Phi) is 34.0. The van der Waals surface area contributed by atoms with Gasteiger partial charge in [-0.15, -0.1) is 0 Å². The van der Waals surface area contributed by atoms with Crippen molar-refractivity contribution in [3.8, 4) is 0 Å². The highest BCUT2D eigenvalue weighted by molar-refractivity contribution is 7.43. The lowest BCUT2D eigenvalue weighted by atomic mass is 10.0. The lowest BCUT2D eigenvalue weighted by Gasteiger charge is -2.28. The van der Waals surface area contributed by atoms with Gasteiger partial charge in [-0.2, -0.15) is 0 Å². The quantitative estimate of drug-likeness (QED) is 0.0917. The summed E-state index contributed by atoms with van der Waals surface area (Å²) in [4.78, 5) is 22.4. The Morgan fingerprint density at radius 3 is 1.05 bits per heavy atom. The molecule has 0 amide bonds. The molecule has 0 aromatic carbocycles. The van der Waals surface area contributed by atoms with E-state index in [1.165, 1.54) is 109 Å². The summed E-state index contributed by atoms with van der Waals surface area (Å²) >= 11 is 0. The lowest BCUT2D eigenvalue weighted by molar-refractivity contribution is -0.341. The monoisotopic (exact) mass is 553 g/mol. The second kappa shape index (κ2) is 32.2. The molecule has 0 aromatic heterocycles. The Morgan fingerprint density at radius 1 is 0.541 bits per heavy atom. The highest BCUT2D eigenvalue weighted by Gasteiger charge is 2.00. The first-order valence-electron chi connectivity index (χ1n) is 15.1. The zero-order valence-corrected chi connectivity index (χ0v) is 24.9. The third-order valence-electron chi connectivity index (χ3n) is 6.50. The maximum Gasteiger partial charge on any atom is 0.0596 e. The topological polar surface area (TPSA) is 136 Å². The van der Waals surface area contributed by atoms with Crippen LogP contribution in [0.5, 0.6) is 0 Å². The van der Waals surface area contributed by atoms with E-state index in [0.717, 1.165) is 12.8 Å². The smallest absolute Gasteiger partial charge is 0.0596 e. The molecule has 0 aliphatic heterocycles. The van der Waals surface area contributed by atoms with Crippen LogP contribution >= 0.6 is 7.82 Å². The molecular weight excluding hydrogens is 493 g/mol. The second-order valence-corrected chi connectivity index (χ2v) is 11.2. The summed E-state index contributed by atoms with van der Waals surface area (Å²) in [5.41, 5.74) is 0. The standard InChI is InChI=1S/C22H47O4P.C6H15NO3/c1-2-3-4-5-6-7-8-9-10-11-12-13-14-15-16-17-18-19-20-21-22-26-27(23,24)25;8-4-1-7(2-5-9)3-6-10/h2-22H2,1H3,(H2,23,24,25);8-10H,1-6H2/p-2. The molecule has 0 spiro atoms. The zero-order valence-electron chi connectivity index (χ0n) is 24.0. The van der Waals surface area contributed by atoms with Crippen LogP contribution in [0.3, 0.4) is 0 Å². The van der Waals surface area contributed by atoms with Crippen molar-refractivity contribution in [2.45, 2.75) is 135 Å². The molecule has 0 bridgehead atoms. The van der Waals surface area contributed by atoms with Gasteiger partial charge in [-0.05, 0) is 6.42 Å². The Hall–Kier alpha value is -0.0500. The molecule has 226 valence electrons. The van der Waals surface area contributed by atoms with E-state index in [9.17, 15) is 14.4 Å². The molecule has 0 aliphatic rings.